The molecule has 0 bridgehead atoms. The zero-order chi connectivity index (χ0) is 11.8. The fourth-order valence-electron chi connectivity index (χ4n) is 2.53. The zero-order valence-corrected chi connectivity index (χ0v) is 11.0. The van der Waals surface area contributed by atoms with Crippen LogP contribution in [-0.4, -0.2) is 36.2 Å². The van der Waals surface area contributed by atoms with E-state index in [1.165, 1.54) is 16.5 Å². The molecule has 4 heteroatoms. The molecule has 1 aromatic carbocycles. The maximum Gasteiger partial charge on any atom is 0.102 e. The molecule has 0 atom stereocenters. The van der Waals surface area contributed by atoms with Crippen molar-refractivity contribution >= 4 is 26.8 Å². The second kappa shape index (κ2) is 4.42. The number of aromatic amines is 1. The van der Waals surface area contributed by atoms with Crippen molar-refractivity contribution in [1.82, 2.24) is 9.88 Å². The Labute approximate surface area is 108 Å². The fourth-order valence-corrected chi connectivity index (χ4v) is 2.89. The van der Waals surface area contributed by atoms with E-state index in [0.717, 1.165) is 17.6 Å². The van der Waals surface area contributed by atoms with Crippen LogP contribution in [0.1, 0.15) is 11.5 Å². The molecule has 0 aliphatic carbocycles. The largest absolute Gasteiger partial charge is 0.361 e. The van der Waals surface area contributed by atoms with E-state index in [4.69, 9.17) is 0 Å². The molecule has 17 heavy (non-hydrogen) atoms. The van der Waals surface area contributed by atoms with E-state index in [2.05, 4.69) is 50.2 Å². The summed E-state index contributed by atoms with van der Waals surface area (Å²) in [4.78, 5) is 5.46. The fraction of sp³-hybridized carbons (Fsp3) is 0.385. The minimum absolute atomic E-state index is 0.243. The number of rotatable bonds is 3. The summed E-state index contributed by atoms with van der Waals surface area (Å²) in [5.41, 5.74) is 2.53. The molecule has 1 saturated heterocycles. The highest BCUT2D eigenvalue weighted by atomic mass is 79.9. The number of hydrogen-bond acceptors (Lipinski definition) is 1. The Morgan fingerprint density at radius 2 is 2.24 bits per heavy atom. The van der Waals surface area contributed by atoms with Crippen LogP contribution in [-0.2, 0) is 0 Å². The highest BCUT2D eigenvalue weighted by Gasteiger charge is 2.29. The average molecular weight is 297 g/mol. The van der Waals surface area contributed by atoms with Gasteiger partial charge in [-0.15, -0.1) is 0 Å². The standard InChI is InChI=1S/C13H14BrFN2/c14-10-1-2-11-12(6-16-13(11)5-10)9-7-17(8-9)4-3-15/h1-2,5-6,9,16H,3-4,7-8H2. The van der Waals surface area contributed by atoms with Crippen LogP contribution in [0, 0.1) is 0 Å². The molecule has 0 unspecified atom stereocenters. The first-order valence-electron chi connectivity index (χ1n) is 5.83. The monoisotopic (exact) mass is 296 g/mol. The van der Waals surface area contributed by atoms with E-state index in [9.17, 15) is 4.39 Å². The van der Waals surface area contributed by atoms with Gasteiger partial charge in [0.25, 0.3) is 0 Å². The van der Waals surface area contributed by atoms with Crippen molar-refractivity contribution in [3.05, 3.63) is 34.4 Å². The van der Waals surface area contributed by atoms with E-state index in [1.54, 1.807) is 0 Å². The predicted octanol–water partition coefficient (Wildman–Crippen LogP) is 3.30. The van der Waals surface area contributed by atoms with Gasteiger partial charge in [-0.1, -0.05) is 22.0 Å². The van der Waals surface area contributed by atoms with Crippen molar-refractivity contribution in [2.24, 2.45) is 0 Å². The van der Waals surface area contributed by atoms with Gasteiger partial charge in [-0.3, -0.25) is 4.90 Å². The van der Waals surface area contributed by atoms with Crippen molar-refractivity contribution in [2.75, 3.05) is 26.3 Å². The summed E-state index contributed by atoms with van der Waals surface area (Å²) >= 11 is 3.47. The van der Waals surface area contributed by atoms with E-state index < -0.39 is 0 Å². The van der Waals surface area contributed by atoms with Crippen molar-refractivity contribution in [3.63, 3.8) is 0 Å². The number of hydrogen-bond donors (Lipinski definition) is 1. The van der Waals surface area contributed by atoms with Crippen LogP contribution in [0.2, 0.25) is 0 Å². The number of fused-ring (bicyclic) bond motifs is 1. The molecule has 0 amide bonds. The molecule has 90 valence electrons. The molecule has 1 aliphatic rings. The average Bonchev–Trinajstić information content (AvgIpc) is 2.65. The molecular formula is C13H14BrFN2. The smallest absolute Gasteiger partial charge is 0.102 e. The molecule has 1 aliphatic heterocycles. The zero-order valence-electron chi connectivity index (χ0n) is 9.42. The van der Waals surface area contributed by atoms with Gasteiger partial charge in [0.15, 0.2) is 0 Å². The molecule has 0 radical (unpaired) electrons. The van der Waals surface area contributed by atoms with E-state index in [-0.39, 0.29) is 6.67 Å². The Bertz CT molecular complexity index is 531. The quantitative estimate of drug-likeness (QED) is 0.921. The summed E-state index contributed by atoms with van der Waals surface area (Å²) in [7, 11) is 0. The van der Waals surface area contributed by atoms with Gasteiger partial charge >= 0.3 is 0 Å². The Balaban J connectivity index is 1.83. The van der Waals surface area contributed by atoms with Crippen LogP contribution >= 0.6 is 15.9 Å². The van der Waals surface area contributed by atoms with Crippen molar-refractivity contribution in [2.45, 2.75) is 5.92 Å². The van der Waals surface area contributed by atoms with Crippen LogP contribution in [0.5, 0.6) is 0 Å². The van der Waals surface area contributed by atoms with Crippen LogP contribution in [0.25, 0.3) is 10.9 Å². The molecule has 2 aromatic rings. The third-order valence-electron chi connectivity index (χ3n) is 3.47. The number of nitrogens with zero attached hydrogens (tertiary/aromatic N) is 1. The molecular weight excluding hydrogens is 283 g/mol. The van der Waals surface area contributed by atoms with Crippen molar-refractivity contribution < 1.29 is 4.39 Å². The van der Waals surface area contributed by atoms with Crippen LogP contribution < -0.4 is 0 Å². The maximum absolute atomic E-state index is 12.2. The molecule has 3 rings (SSSR count). The van der Waals surface area contributed by atoms with E-state index in [1.807, 2.05) is 0 Å². The van der Waals surface area contributed by atoms with Gasteiger partial charge in [0.2, 0.25) is 0 Å². The lowest BCUT2D eigenvalue weighted by Gasteiger charge is -2.38. The van der Waals surface area contributed by atoms with Gasteiger partial charge in [-0.25, -0.2) is 4.39 Å². The third kappa shape index (κ3) is 2.00. The Morgan fingerprint density at radius 1 is 1.41 bits per heavy atom. The summed E-state index contributed by atoms with van der Waals surface area (Å²) < 4.78 is 13.3. The van der Waals surface area contributed by atoms with E-state index >= 15 is 0 Å². The number of nitrogens with one attached hydrogen (secondary N) is 1. The lowest BCUT2D eigenvalue weighted by Crippen LogP contribution is -2.45. The number of benzene rings is 1. The van der Waals surface area contributed by atoms with Gasteiger partial charge in [0, 0.05) is 47.1 Å². The van der Waals surface area contributed by atoms with Crippen LogP contribution in [0.3, 0.4) is 0 Å². The molecule has 1 N–H and O–H groups in total. The summed E-state index contributed by atoms with van der Waals surface area (Å²) in [6, 6.07) is 6.30. The Morgan fingerprint density at radius 3 is 3.00 bits per heavy atom. The second-order valence-corrected chi connectivity index (χ2v) is 5.50. The predicted molar refractivity (Wildman–Crippen MR) is 71.2 cm³/mol. The minimum Gasteiger partial charge on any atom is -0.361 e. The van der Waals surface area contributed by atoms with Crippen LogP contribution in [0.15, 0.2) is 28.9 Å². The number of likely N-dealkylation sites (tertiary alicyclic amines) is 1. The molecule has 1 fully saturated rings. The SMILES string of the molecule is FCCN1CC(c2c[nH]c3cc(Br)ccc23)C1. The van der Waals surface area contributed by atoms with Gasteiger partial charge in [0.05, 0.1) is 0 Å². The highest BCUT2D eigenvalue weighted by Crippen LogP contribution is 2.33. The first-order chi connectivity index (χ1) is 8.28. The third-order valence-corrected chi connectivity index (χ3v) is 3.97. The summed E-state index contributed by atoms with van der Waals surface area (Å²) in [5, 5.41) is 1.29. The van der Waals surface area contributed by atoms with Crippen LogP contribution in [0.4, 0.5) is 4.39 Å². The molecule has 0 spiro atoms. The van der Waals surface area contributed by atoms with Gasteiger partial charge in [0.1, 0.15) is 6.67 Å². The van der Waals surface area contributed by atoms with E-state index in [0.29, 0.717) is 12.5 Å². The molecule has 2 heterocycles. The van der Waals surface area contributed by atoms with Gasteiger partial charge in [-0.05, 0) is 17.7 Å². The topological polar surface area (TPSA) is 19.0 Å². The maximum atomic E-state index is 12.2. The Kier molecular flexibility index (Phi) is 2.92. The second-order valence-electron chi connectivity index (χ2n) is 4.58. The lowest BCUT2D eigenvalue weighted by molar-refractivity contribution is 0.138. The molecule has 2 nitrogen and oxygen atoms in total. The van der Waals surface area contributed by atoms with Gasteiger partial charge in [-0.2, -0.15) is 0 Å². The summed E-state index contributed by atoms with van der Waals surface area (Å²) in [6.45, 7) is 2.29. The number of halogens is 2. The minimum atomic E-state index is -0.243. The Hall–Kier alpha value is -0.870. The number of aromatic nitrogens is 1. The van der Waals surface area contributed by atoms with Crippen molar-refractivity contribution in [1.29, 1.82) is 0 Å². The summed E-state index contributed by atoms with van der Waals surface area (Å²) in [5.74, 6) is 0.552. The number of H-pyrrole nitrogens is 1. The summed E-state index contributed by atoms with van der Waals surface area (Å²) in [6.07, 6.45) is 2.09. The lowest BCUT2D eigenvalue weighted by atomic mass is 9.91. The van der Waals surface area contributed by atoms with Crippen molar-refractivity contribution in [3.8, 4) is 0 Å². The normalized spacial score (nSPS) is 17.5. The highest BCUT2D eigenvalue weighted by molar-refractivity contribution is 9.10. The molecule has 0 saturated carbocycles. The van der Waals surface area contributed by atoms with Gasteiger partial charge < -0.3 is 4.98 Å². The first kappa shape index (κ1) is 11.2. The first-order valence-corrected chi connectivity index (χ1v) is 6.62. The molecule has 1 aromatic heterocycles. The number of alkyl halides is 1.